The third-order valence-electron chi connectivity index (χ3n) is 5.94. The number of hydrogen-bond donors (Lipinski definition) is 0. The average molecular weight is 454 g/mol. The third-order valence-corrected chi connectivity index (χ3v) is 5.94. The molecule has 1 aliphatic rings. The van der Waals surface area contributed by atoms with E-state index in [2.05, 4.69) is 25.7 Å². The van der Waals surface area contributed by atoms with E-state index in [1.54, 1.807) is 32.4 Å². The Morgan fingerprint density at radius 1 is 0.909 bits per heavy atom. The zero-order chi connectivity index (χ0) is 24.0. The van der Waals surface area contributed by atoms with Crippen molar-refractivity contribution in [3.63, 3.8) is 0 Å². The summed E-state index contributed by atoms with van der Waals surface area (Å²) in [7, 11) is 3.13. The second-order valence-electron chi connectivity index (χ2n) is 9.27. The predicted molar refractivity (Wildman–Crippen MR) is 129 cm³/mol. The van der Waals surface area contributed by atoms with Crippen LogP contribution in [0.15, 0.2) is 48.5 Å². The molecule has 1 saturated heterocycles. The van der Waals surface area contributed by atoms with E-state index in [1.165, 1.54) is 0 Å². The molecule has 2 amide bonds. The molecule has 1 heterocycles. The van der Waals surface area contributed by atoms with Crippen LogP contribution in [0.2, 0.25) is 0 Å². The Morgan fingerprint density at radius 2 is 1.55 bits per heavy atom. The highest BCUT2D eigenvalue weighted by Crippen LogP contribution is 2.28. The summed E-state index contributed by atoms with van der Waals surface area (Å²) in [5.74, 6) is 1.19. The second-order valence-corrected chi connectivity index (χ2v) is 9.27. The van der Waals surface area contributed by atoms with Crippen molar-refractivity contribution in [2.45, 2.75) is 32.9 Å². The lowest BCUT2D eigenvalue weighted by Crippen LogP contribution is -2.54. The van der Waals surface area contributed by atoms with Crippen LogP contribution >= 0.6 is 0 Å². The zero-order valence-electron chi connectivity index (χ0n) is 20.3. The van der Waals surface area contributed by atoms with Crippen LogP contribution in [0.25, 0.3) is 0 Å². The molecular weight excluding hydrogens is 418 g/mol. The first-order valence-electron chi connectivity index (χ1n) is 11.3. The molecular formula is C26H35N3O4. The molecule has 33 heavy (non-hydrogen) atoms. The van der Waals surface area contributed by atoms with Crippen molar-refractivity contribution in [3.8, 4) is 11.5 Å². The lowest BCUT2D eigenvalue weighted by Gasteiger charge is -2.39. The Balaban J connectivity index is 1.58. The normalized spacial score (nSPS) is 14.6. The fourth-order valence-electron chi connectivity index (χ4n) is 4.00. The van der Waals surface area contributed by atoms with Gasteiger partial charge in [-0.2, -0.15) is 0 Å². The monoisotopic (exact) mass is 453 g/mol. The SMILES string of the molecule is COc1ccc(C(=O)N2CCN(CC(=O)N(Cc3ccccc3)C(C)(C)C)CC2)cc1OC. The minimum absolute atomic E-state index is 0.0395. The molecule has 2 aromatic rings. The largest absolute Gasteiger partial charge is 0.493 e. The van der Waals surface area contributed by atoms with Crippen LogP contribution in [-0.4, -0.2) is 79.0 Å². The summed E-state index contributed by atoms with van der Waals surface area (Å²) in [6, 6.07) is 15.3. The molecule has 2 aromatic carbocycles. The van der Waals surface area contributed by atoms with Crippen molar-refractivity contribution in [3.05, 3.63) is 59.7 Å². The Kier molecular flexibility index (Phi) is 7.97. The highest BCUT2D eigenvalue weighted by Gasteiger charge is 2.30. The fourth-order valence-corrected chi connectivity index (χ4v) is 4.00. The van der Waals surface area contributed by atoms with Crippen LogP contribution < -0.4 is 9.47 Å². The van der Waals surface area contributed by atoms with Crippen molar-refractivity contribution in [1.82, 2.24) is 14.7 Å². The van der Waals surface area contributed by atoms with Gasteiger partial charge >= 0.3 is 0 Å². The van der Waals surface area contributed by atoms with Crippen molar-refractivity contribution >= 4 is 11.8 Å². The summed E-state index contributed by atoms with van der Waals surface area (Å²) in [6.07, 6.45) is 0. The number of ether oxygens (including phenoxy) is 2. The van der Waals surface area contributed by atoms with Crippen LogP contribution in [0.3, 0.4) is 0 Å². The van der Waals surface area contributed by atoms with E-state index < -0.39 is 0 Å². The predicted octanol–water partition coefficient (Wildman–Crippen LogP) is 3.29. The molecule has 0 bridgehead atoms. The molecule has 0 aliphatic carbocycles. The van der Waals surface area contributed by atoms with E-state index in [0.717, 1.165) is 5.56 Å². The number of hydrogen-bond acceptors (Lipinski definition) is 5. The van der Waals surface area contributed by atoms with Gasteiger partial charge in [-0.05, 0) is 44.5 Å². The van der Waals surface area contributed by atoms with Gasteiger partial charge in [0.05, 0.1) is 20.8 Å². The molecule has 0 saturated carbocycles. The van der Waals surface area contributed by atoms with Crippen molar-refractivity contribution in [2.24, 2.45) is 0 Å². The molecule has 178 valence electrons. The Labute approximate surface area is 196 Å². The van der Waals surface area contributed by atoms with E-state index in [1.807, 2.05) is 40.1 Å². The van der Waals surface area contributed by atoms with Gasteiger partial charge in [-0.1, -0.05) is 30.3 Å². The van der Waals surface area contributed by atoms with Crippen LogP contribution in [-0.2, 0) is 11.3 Å². The second kappa shape index (κ2) is 10.7. The van der Waals surface area contributed by atoms with Gasteiger partial charge in [0.15, 0.2) is 11.5 Å². The summed E-state index contributed by atoms with van der Waals surface area (Å²) < 4.78 is 10.6. The van der Waals surface area contributed by atoms with E-state index in [0.29, 0.717) is 56.3 Å². The molecule has 0 N–H and O–H groups in total. The van der Waals surface area contributed by atoms with Gasteiger partial charge in [0.2, 0.25) is 5.91 Å². The first-order valence-corrected chi connectivity index (χ1v) is 11.3. The number of nitrogens with zero attached hydrogens (tertiary/aromatic N) is 3. The summed E-state index contributed by atoms with van der Waals surface area (Å²) >= 11 is 0. The maximum absolute atomic E-state index is 13.2. The minimum Gasteiger partial charge on any atom is -0.493 e. The summed E-state index contributed by atoms with van der Waals surface area (Å²) in [5, 5.41) is 0. The number of rotatable bonds is 7. The van der Waals surface area contributed by atoms with Crippen molar-refractivity contribution < 1.29 is 19.1 Å². The Hall–Kier alpha value is -3.06. The fraction of sp³-hybridized carbons (Fsp3) is 0.462. The molecule has 0 spiro atoms. The number of methoxy groups -OCH3 is 2. The van der Waals surface area contributed by atoms with Gasteiger partial charge in [0, 0.05) is 43.8 Å². The highest BCUT2D eigenvalue weighted by atomic mass is 16.5. The maximum atomic E-state index is 13.2. The van der Waals surface area contributed by atoms with Gasteiger partial charge in [-0.3, -0.25) is 14.5 Å². The molecule has 3 rings (SSSR count). The minimum atomic E-state index is -0.280. The zero-order valence-corrected chi connectivity index (χ0v) is 20.3. The van der Waals surface area contributed by atoms with Gasteiger partial charge in [-0.15, -0.1) is 0 Å². The van der Waals surface area contributed by atoms with E-state index in [4.69, 9.17) is 9.47 Å². The molecule has 7 heteroatoms. The summed E-state index contributed by atoms with van der Waals surface area (Å²) in [5.41, 5.74) is 1.41. The molecule has 0 aromatic heterocycles. The molecule has 1 fully saturated rings. The number of carbonyl (C=O) groups excluding carboxylic acids is 2. The van der Waals surface area contributed by atoms with Gasteiger partial charge in [0.25, 0.3) is 5.91 Å². The molecule has 0 unspecified atom stereocenters. The van der Waals surface area contributed by atoms with E-state index in [-0.39, 0.29) is 17.4 Å². The number of piperazine rings is 1. The lowest BCUT2D eigenvalue weighted by molar-refractivity contribution is -0.138. The Bertz CT molecular complexity index is 948. The third kappa shape index (κ3) is 6.26. The molecule has 0 radical (unpaired) electrons. The van der Waals surface area contributed by atoms with Gasteiger partial charge < -0.3 is 19.3 Å². The van der Waals surface area contributed by atoms with E-state index >= 15 is 0 Å². The molecule has 7 nitrogen and oxygen atoms in total. The number of carbonyl (C=O) groups is 2. The summed E-state index contributed by atoms with van der Waals surface area (Å²) in [4.78, 5) is 32.1. The van der Waals surface area contributed by atoms with Crippen LogP contribution in [0.1, 0.15) is 36.7 Å². The van der Waals surface area contributed by atoms with Gasteiger partial charge in [0.1, 0.15) is 0 Å². The average Bonchev–Trinajstić information content (AvgIpc) is 2.82. The Morgan fingerprint density at radius 3 is 2.12 bits per heavy atom. The van der Waals surface area contributed by atoms with Crippen molar-refractivity contribution in [1.29, 1.82) is 0 Å². The standard InChI is InChI=1S/C26H35N3O4/c1-26(2,3)29(18-20-9-7-6-8-10-20)24(30)19-27-13-15-28(16-14-27)25(31)21-11-12-22(32-4)23(17-21)33-5/h6-12,17H,13-16,18-19H2,1-5H3. The van der Waals surface area contributed by atoms with Crippen LogP contribution in [0.4, 0.5) is 0 Å². The first-order chi connectivity index (χ1) is 15.7. The van der Waals surface area contributed by atoms with Crippen molar-refractivity contribution in [2.75, 3.05) is 46.9 Å². The molecule has 0 atom stereocenters. The first kappa shape index (κ1) is 24.6. The number of amides is 2. The van der Waals surface area contributed by atoms with Crippen LogP contribution in [0.5, 0.6) is 11.5 Å². The number of benzene rings is 2. The quantitative estimate of drug-likeness (QED) is 0.644. The topological polar surface area (TPSA) is 62.3 Å². The smallest absolute Gasteiger partial charge is 0.254 e. The maximum Gasteiger partial charge on any atom is 0.254 e. The highest BCUT2D eigenvalue weighted by molar-refractivity contribution is 5.95. The van der Waals surface area contributed by atoms with Gasteiger partial charge in [-0.25, -0.2) is 0 Å². The molecule has 1 aliphatic heterocycles. The van der Waals surface area contributed by atoms with Crippen LogP contribution in [0, 0.1) is 0 Å². The van der Waals surface area contributed by atoms with E-state index in [9.17, 15) is 9.59 Å². The summed E-state index contributed by atoms with van der Waals surface area (Å²) in [6.45, 7) is 9.60. The lowest BCUT2D eigenvalue weighted by atomic mass is 10.0.